The van der Waals surface area contributed by atoms with Gasteiger partial charge in [-0.3, -0.25) is 19.2 Å². The molecule has 0 aliphatic carbocycles. The Labute approximate surface area is 448 Å². The van der Waals surface area contributed by atoms with Gasteiger partial charge in [-0.2, -0.15) is 4.58 Å². The van der Waals surface area contributed by atoms with Gasteiger partial charge < -0.3 is 47.7 Å². The van der Waals surface area contributed by atoms with Crippen LogP contribution in [-0.4, -0.2) is 95.0 Å². The van der Waals surface area contributed by atoms with Crippen LogP contribution in [0, 0.1) is 0 Å². The average molecular weight is 1030 g/mol. The molecule has 0 aromatic heterocycles. The van der Waals surface area contributed by atoms with Crippen LogP contribution in [0.25, 0.3) is 0 Å². The predicted octanol–water partition coefficient (Wildman–Crippen LogP) is -6.88. The van der Waals surface area contributed by atoms with Gasteiger partial charge in [0.1, 0.15) is 26.7 Å². The standard InChI is InChI=1S/C37H38N4O14S2.HI.2K/c1-36(2)24-20-22(56(48,49)50)8-10-26(24)38(18-16-34(46)54-40-30(42)12-13-31(40)43)28(36)6-5-7-29-37(3,4)25-21-23(57(51,52)53)9-11-27(25)39(29)19-17-35(47)55-41-32(44)14-15-33(41)45;;;/h5-11,20-21H,12-19H2,1-4H3,(H-,48,49,50,51,52,53);1H;;/q;;2*+1/p-2. The Balaban J connectivity index is 0.00000320. The van der Waals surface area contributed by atoms with Crippen LogP contribution in [0.4, 0.5) is 11.4 Å². The molecule has 2 aromatic rings. The number of carbonyl (C=O) groups is 6. The van der Waals surface area contributed by atoms with Crippen LogP contribution < -0.4 is 132 Å². The Bertz CT molecular complexity index is 2450. The number of hydroxylamine groups is 4. The van der Waals surface area contributed by atoms with Crippen LogP contribution >= 0.6 is 0 Å². The summed E-state index contributed by atoms with van der Waals surface area (Å²) in [6.07, 6.45) is 4.00. The third-order valence-corrected chi connectivity index (χ3v) is 12.0. The van der Waals surface area contributed by atoms with Gasteiger partial charge in [-0.1, -0.05) is 19.9 Å². The van der Waals surface area contributed by atoms with Gasteiger partial charge in [0.05, 0.1) is 21.6 Å². The molecular weight excluding hydrogens is 994 g/mol. The first kappa shape index (κ1) is 52.8. The number of amides is 4. The average Bonchev–Trinajstić information content (AvgIpc) is 3.75. The van der Waals surface area contributed by atoms with Crippen molar-refractivity contribution in [2.75, 3.05) is 18.0 Å². The van der Waals surface area contributed by atoms with E-state index in [0.29, 0.717) is 44.0 Å². The Morgan fingerprint density at radius 3 is 1.70 bits per heavy atom. The molecule has 2 saturated heterocycles. The number of benzene rings is 2. The monoisotopic (exact) mass is 1030 g/mol. The molecule has 2 fully saturated rings. The number of imide groups is 2. The number of hydrogen-bond donors (Lipinski definition) is 0. The number of hydrogen-bond acceptors (Lipinski definition) is 15. The van der Waals surface area contributed by atoms with Crippen molar-refractivity contribution in [1.82, 2.24) is 10.1 Å². The van der Waals surface area contributed by atoms with Gasteiger partial charge in [0, 0.05) is 66.7 Å². The minimum absolute atomic E-state index is 0. The van der Waals surface area contributed by atoms with Crippen molar-refractivity contribution >= 4 is 72.9 Å². The van der Waals surface area contributed by atoms with Gasteiger partial charge >= 0.3 is 115 Å². The van der Waals surface area contributed by atoms with Gasteiger partial charge in [0.15, 0.2) is 12.3 Å². The zero-order valence-corrected chi connectivity index (χ0v) is 43.6. The molecule has 4 amide bonds. The second kappa shape index (κ2) is 20.1. The molecular formula is C37H37IK2N4O14S2. The summed E-state index contributed by atoms with van der Waals surface area (Å²) in [6.45, 7) is 6.96. The van der Waals surface area contributed by atoms with Gasteiger partial charge in [-0.15, -0.1) is 10.1 Å². The summed E-state index contributed by atoms with van der Waals surface area (Å²) >= 11 is 0. The second-order valence-electron chi connectivity index (χ2n) is 14.7. The van der Waals surface area contributed by atoms with Crippen LogP contribution in [0.3, 0.4) is 0 Å². The molecule has 2 aromatic carbocycles. The molecule has 0 unspecified atom stereocenters. The topological polar surface area (TPSA) is 248 Å². The van der Waals surface area contributed by atoms with E-state index in [0.717, 1.165) is 12.1 Å². The zero-order valence-electron chi connectivity index (χ0n) is 33.6. The van der Waals surface area contributed by atoms with Crippen molar-refractivity contribution in [2.24, 2.45) is 0 Å². The minimum Gasteiger partial charge on any atom is -1.00 e. The van der Waals surface area contributed by atoms with Crippen molar-refractivity contribution in [3.8, 4) is 0 Å². The van der Waals surface area contributed by atoms with Crippen molar-refractivity contribution in [1.29, 1.82) is 0 Å². The first-order valence-electron chi connectivity index (χ1n) is 17.7. The van der Waals surface area contributed by atoms with Crippen molar-refractivity contribution < 1.29 is 196 Å². The van der Waals surface area contributed by atoms with E-state index in [1.165, 1.54) is 24.3 Å². The van der Waals surface area contributed by atoms with Gasteiger partial charge in [-0.25, -0.2) is 26.4 Å². The first-order valence-corrected chi connectivity index (χ1v) is 20.5. The van der Waals surface area contributed by atoms with Crippen LogP contribution in [0.1, 0.15) is 77.3 Å². The maximum absolute atomic E-state index is 12.9. The van der Waals surface area contributed by atoms with Gasteiger partial charge in [-0.05, 0) is 55.8 Å². The smallest absolute Gasteiger partial charge is 1.00 e. The van der Waals surface area contributed by atoms with E-state index in [1.54, 1.807) is 55.4 Å². The molecule has 0 saturated carbocycles. The number of anilines is 1. The molecule has 18 nitrogen and oxygen atoms in total. The van der Waals surface area contributed by atoms with Crippen LogP contribution in [0.5, 0.6) is 0 Å². The van der Waals surface area contributed by atoms with Gasteiger partial charge in [0.2, 0.25) is 5.69 Å². The Morgan fingerprint density at radius 2 is 1.20 bits per heavy atom. The summed E-state index contributed by atoms with van der Waals surface area (Å²) < 4.78 is 73.7. The van der Waals surface area contributed by atoms with E-state index in [2.05, 4.69) is 0 Å². The normalized spacial score (nSPS) is 18.7. The second-order valence-corrected chi connectivity index (χ2v) is 17.5. The zero-order chi connectivity index (χ0) is 41.8. The molecule has 4 aliphatic rings. The molecule has 310 valence electrons. The summed E-state index contributed by atoms with van der Waals surface area (Å²) in [6, 6.07) is 7.67. The summed E-state index contributed by atoms with van der Waals surface area (Å²) in [5, 5.41) is 0.861. The molecule has 4 aliphatic heterocycles. The molecule has 6 rings (SSSR count). The van der Waals surface area contributed by atoms with Crippen molar-refractivity contribution in [2.45, 2.75) is 86.8 Å². The summed E-state index contributed by atoms with van der Waals surface area (Å²) in [7, 11) is -9.70. The molecule has 4 heterocycles. The van der Waals surface area contributed by atoms with E-state index in [1.807, 2.05) is 0 Å². The first-order chi connectivity index (χ1) is 26.5. The summed E-state index contributed by atoms with van der Waals surface area (Å²) in [4.78, 5) is 84.7. The fourth-order valence-electron chi connectivity index (χ4n) is 7.35. The fourth-order valence-corrected chi connectivity index (χ4v) is 8.34. The fraction of sp³-hybridized carbons (Fsp3) is 0.378. The third-order valence-electron chi connectivity index (χ3n) is 10.3. The van der Waals surface area contributed by atoms with Crippen LogP contribution in [-0.2, 0) is 69.5 Å². The molecule has 0 N–H and O–H groups in total. The Hall–Kier alpha value is -1.57. The Morgan fingerprint density at radius 1 is 0.733 bits per heavy atom. The van der Waals surface area contributed by atoms with E-state index in [-0.39, 0.29) is 178 Å². The number of allylic oxidation sites excluding steroid dienone is 4. The molecule has 60 heavy (non-hydrogen) atoms. The summed E-state index contributed by atoms with van der Waals surface area (Å²) in [5.41, 5.74) is 0.926. The molecule has 0 atom stereocenters. The van der Waals surface area contributed by atoms with Crippen molar-refractivity contribution in [3.63, 3.8) is 0 Å². The molecule has 0 spiro atoms. The van der Waals surface area contributed by atoms with Crippen LogP contribution in [0.15, 0.2) is 70.1 Å². The molecule has 23 heteroatoms. The summed E-state index contributed by atoms with van der Waals surface area (Å²) in [5.74, 6) is -4.37. The van der Waals surface area contributed by atoms with E-state index in [4.69, 9.17) is 9.68 Å². The number of halogens is 1. The molecule has 0 radical (unpaired) electrons. The number of fused-ring (bicyclic) bond motifs is 2. The predicted molar refractivity (Wildman–Crippen MR) is 193 cm³/mol. The van der Waals surface area contributed by atoms with E-state index >= 15 is 0 Å². The number of nitrogens with zero attached hydrogens (tertiary/aromatic N) is 4. The minimum atomic E-state index is -4.85. The SMILES string of the molecule is CC1(C)C(/C=C/C=C2\N(CCC(=O)ON3C(=O)CCC3=O)c3ccc(S(=O)(=O)[O-])cc3C2(C)C)=[N+](CCC(=O)ON2C(=O)CCC2=O)c2ccc(S(=O)(=O)[O-])cc21.[I-].[K+].[K+]. The van der Waals surface area contributed by atoms with E-state index in [9.17, 15) is 54.7 Å². The quantitative estimate of drug-likeness (QED) is 0.0631. The van der Waals surface area contributed by atoms with Crippen molar-refractivity contribution in [3.05, 3.63) is 71.5 Å². The van der Waals surface area contributed by atoms with Crippen LogP contribution in [0.2, 0.25) is 0 Å². The number of rotatable bonds is 12. The largest absolute Gasteiger partial charge is 1.00 e. The Kier molecular flexibility index (Phi) is 17.7. The molecule has 0 bridgehead atoms. The maximum Gasteiger partial charge on any atom is 1.00 e. The van der Waals surface area contributed by atoms with Gasteiger partial charge in [0.25, 0.3) is 23.6 Å². The van der Waals surface area contributed by atoms with E-state index < -0.39 is 76.4 Å². The maximum atomic E-state index is 12.9. The number of carbonyl (C=O) groups excluding carboxylic acids is 6. The third kappa shape index (κ3) is 10.8.